The van der Waals surface area contributed by atoms with E-state index in [9.17, 15) is 9.59 Å². The van der Waals surface area contributed by atoms with Crippen molar-refractivity contribution in [1.29, 1.82) is 0 Å². The lowest BCUT2D eigenvalue weighted by atomic mass is 10.1. The highest BCUT2D eigenvalue weighted by atomic mass is 32.2. The van der Waals surface area contributed by atoms with Gasteiger partial charge in [0, 0.05) is 49.0 Å². The summed E-state index contributed by atoms with van der Waals surface area (Å²) in [5.41, 5.74) is 2.65. The van der Waals surface area contributed by atoms with Gasteiger partial charge < -0.3 is 19.5 Å². The van der Waals surface area contributed by atoms with Gasteiger partial charge in [-0.15, -0.1) is 10.2 Å². The Morgan fingerprint density at radius 1 is 1.00 bits per heavy atom. The highest BCUT2D eigenvalue weighted by Crippen LogP contribution is 2.24. The zero-order valence-electron chi connectivity index (χ0n) is 18.7. The fourth-order valence-electron chi connectivity index (χ4n) is 3.60. The fourth-order valence-corrected chi connectivity index (χ4v) is 4.16. The third kappa shape index (κ3) is 5.92. The van der Waals surface area contributed by atoms with Crippen LogP contribution in [0.4, 0.5) is 11.4 Å². The van der Waals surface area contributed by atoms with E-state index in [0.717, 1.165) is 43.1 Å². The van der Waals surface area contributed by atoms with Gasteiger partial charge in [-0.05, 0) is 36.4 Å². The first-order valence-corrected chi connectivity index (χ1v) is 11.9. The molecule has 1 N–H and O–H groups in total. The lowest BCUT2D eigenvalue weighted by Gasteiger charge is -2.37. The van der Waals surface area contributed by atoms with E-state index in [-0.39, 0.29) is 23.5 Å². The first kappa shape index (κ1) is 22.8. The topological polar surface area (TPSA) is 91.6 Å². The molecule has 9 heteroatoms. The number of carbonyl (C=O) groups is 2. The van der Waals surface area contributed by atoms with Gasteiger partial charge in [0.2, 0.25) is 17.7 Å². The summed E-state index contributed by atoms with van der Waals surface area (Å²) in [7, 11) is 0. The lowest BCUT2D eigenvalue weighted by molar-refractivity contribution is -0.134. The van der Waals surface area contributed by atoms with Crippen molar-refractivity contribution in [2.75, 3.05) is 42.1 Å². The molecule has 1 aliphatic rings. The lowest BCUT2D eigenvalue weighted by Crippen LogP contribution is -2.49. The van der Waals surface area contributed by atoms with Crippen LogP contribution < -0.4 is 10.2 Å². The van der Waals surface area contributed by atoms with Crippen LogP contribution in [0.3, 0.4) is 0 Å². The Kier molecular flexibility index (Phi) is 7.29. The Morgan fingerprint density at radius 3 is 2.36 bits per heavy atom. The number of thioether (sulfide) groups is 1. The van der Waals surface area contributed by atoms with Gasteiger partial charge in [-0.25, -0.2) is 0 Å². The minimum absolute atomic E-state index is 0.0309. The van der Waals surface area contributed by atoms with Gasteiger partial charge in [0.25, 0.3) is 5.22 Å². The van der Waals surface area contributed by atoms with Gasteiger partial charge in [0.15, 0.2) is 0 Å². The van der Waals surface area contributed by atoms with Crippen LogP contribution in [0.5, 0.6) is 0 Å². The molecule has 1 aromatic heterocycles. The molecule has 172 valence electrons. The van der Waals surface area contributed by atoms with Crippen LogP contribution in [0.2, 0.25) is 0 Å². The average Bonchev–Trinajstić information content (AvgIpc) is 3.33. The molecular formula is C24H27N5O3S. The normalized spacial score (nSPS) is 13.9. The van der Waals surface area contributed by atoms with Gasteiger partial charge in [0.05, 0.1) is 5.75 Å². The maximum atomic E-state index is 12.3. The first-order chi connectivity index (χ1) is 16.0. The van der Waals surface area contributed by atoms with Crippen LogP contribution in [0.25, 0.3) is 11.5 Å². The number of hydrogen-bond acceptors (Lipinski definition) is 7. The number of amides is 2. The molecule has 2 aromatic carbocycles. The molecule has 4 rings (SSSR count). The van der Waals surface area contributed by atoms with E-state index in [0.29, 0.717) is 11.1 Å². The van der Waals surface area contributed by atoms with Crippen molar-refractivity contribution < 1.29 is 14.0 Å². The summed E-state index contributed by atoms with van der Waals surface area (Å²) in [5.74, 6) is 0.701. The number of piperazine rings is 1. The zero-order valence-corrected chi connectivity index (χ0v) is 19.5. The largest absolute Gasteiger partial charge is 0.411 e. The van der Waals surface area contributed by atoms with E-state index >= 15 is 0 Å². The second-order valence-corrected chi connectivity index (χ2v) is 9.02. The van der Waals surface area contributed by atoms with E-state index in [1.54, 1.807) is 0 Å². The number of nitrogens with one attached hydrogen (secondary N) is 1. The van der Waals surface area contributed by atoms with Gasteiger partial charge in [-0.3, -0.25) is 9.59 Å². The van der Waals surface area contributed by atoms with Gasteiger partial charge in [-0.2, -0.15) is 0 Å². The standard InChI is InChI=1S/C24H27N5O3S/c1-17(2)23(31)29-14-12-28(13-15-29)20-10-8-19(9-11-20)25-21(30)16-33-24-27-26-22(32-24)18-6-4-3-5-7-18/h3-11,17H,12-16H2,1-2H3,(H,25,30). The minimum Gasteiger partial charge on any atom is -0.411 e. The average molecular weight is 466 g/mol. The van der Waals surface area contributed by atoms with Gasteiger partial charge in [-0.1, -0.05) is 43.8 Å². The highest BCUT2D eigenvalue weighted by molar-refractivity contribution is 7.99. The molecule has 2 amide bonds. The molecule has 8 nitrogen and oxygen atoms in total. The number of benzene rings is 2. The van der Waals surface area contributed by atoms with Crippen molar-refractivity contribution in [3.8, 4) is 11.5 Å². The Hall–Kier alpha value is -3.33. The zero-order chi connectivity index (χ0) is 23.2. The summed E-state index contributed by atoms with van der Waals surface area (Å²) < 4.78 is 5.62. The summed E-state index contributed by atoms with van der Waals surface area (Å²) in [6.45, 7) is 6.93. The summed E-state index contributed by atoms with van der Waals surface area (Å²) in [4.78, 5) is 28.7. The highest BCUT2D eigenvalue weighted by Gasteiger charge is 2.23. The maximum absolute atomic E-state index is 12.3. The molecule has 0 bridgehead atoms. The van der Waals surface area contributed by atoms with Crippen molar-refractivity contribution in [1.82, 2.24) is 15.1 Å². The van der Waals surface area contributed by atoms with Gasteiger partial charge >= 0.3 is 0 Å². The number of anilines is 2. The molecule has 1 fully saturated rings. The van der Waals surface area contributed by atoms with Crippen LogP contribution in [-0.2, 0) is 9.59 Å². The van der Waals surface area contributed by atoms with E-state index < -0.39 is 0 Å². The van der Waals surface area contributed by atoms with Crippen molar-refractivity contribution in [2.45, 2.75) is 19.1 Å². The molecule has 1 saturated heterocycles. The van der Waals surface area contributed by atoms with Crippen LogP contribution in [0.1, 0.15) is 13.8 Å². The Morgan fingerprint density at radius 2 is 1.70 bits per heavy atom. The summed E-state index contributed by atoms with van der Waals surface area (Å²) in [5, 5.41) is 11.3. The van der Waals surface area contributed by atoms with Crippen molar-refractivity contribution in [3.63, 3.8) is 0 Å². The van der Waals surface area contributed by atoms with Crippen LogP contribution in [0, 0.1) is 5.92 Å². The summed E-state index contributed by atoms with van der Waals surface area (Å²) in [6.07, 6.45) is 0. The second kappa shape index (κ2) is 10.5. The second-order valence-electron chi connectivity index (χ2n) is 8.09. The first-order valence-electron chi connectivity index (χ1n) is 10.9. The molecule has 0 radical (unpaired) electrons. The molecule has 0 unspecified atom stereocenters. The maximum Gasteiger partial charge on any atom is 0.277 e. The SMILES string of the molecule is CC(C)C(=O)N1CCN(c2ccc(NC(=O)CSc3nnc(-c4ccccc4)o3)cc2)CC1. The molecule has 0 aliphatic carbocycles. The summed E-state index contributed by atoms with van der Waals surface area (Å²) in [6, 6.07) is 17.3. The molecule has 2 heterocycles. The smallest absolute Gasteiger partial charge is 0.277 e. The predicted octanol–water partition coefficient (Wildman–Crippen LogP) is 3.77. The predicted molar refractivity (Wildman–Crippen MR) is 129 cm³/mol. The number of nitrogens with zero attached hydrogens (tertiary/aromatic N) is 4. The molecule has 33 heavy (non-hydrogen) atoms. The molecule has 0 saturated carbocycles. The third-order valence-corrected chi connectivity index (χ3v) is 6.17. The summed E-state index contributed by atoms with van der Waals surface area (Å²) >= 11 is 1.20. The van der Waals surface area contributed by atoms with Crippen LogP contribution in [0.15, 0.2) is 64.2 Å². The minimum atomic E-state index is -0.145. The van der Waals surface area contributed by atoms with E-state index in [2.05, 4.69) is 20.4 Å². The fraction of sp³-hybridized carbons (Fsp3) is 0.333. The Bertz CT molecular complexity index is 1080. The van der Waals surface area contributed by atoms with E-state index in [1.165, 1.54) is 11.8 Å². The number of rotatable bonds is 7. The quantitative estimate of drug-likeness (QED) is 0.531. The van der Waals surface area contributed by atoms with Crippen LogP contribution >= 0.6 is 11.8 Å². The number of carbonyl (C=O) groups excluding carboxylic acids is 2. The Balaban J connectivity index is 1.24. The molecule has 3 aromatic rings. The number of aromatic nitrogens is 2. The molecule has 0 spiro atoms. The van der Waals surface area contributed by atoms with Crippen molar-refractivity contribution >= 4 is 35.0 Å². The number of hydrogen-bond donors (Lipinski definition) is 1. The van der Waals surface area contributed by atoms with Gasteiger partial charge in [0.1, 0.15) is 0 Å². The monoisotopic (exact) mass is 465 g/mol. The third-order valence-electron chi connectivity index (χ3n) is 5.36. The van der Waals surface area contributed by atoms with E-state index in [4.69, 9.17) is 4.42 Å². The van der Waals surface area contributed by atoms with Crippen molar-refractivity contribution in [2.24, 2.45) is 5.92 Å². The Labute approximate surface area is 197 Å². The molecule has 1 aliphatic heterocycles. The van der Waals surface area contributed by atoms with Crippen LogP contribution in [-0.4, -0.2) is 58.8 Å². The molecular weight excluding hydrogens is 438 g/mol. The van der Waals surface area contributed by atoms with E-state index in [1.807, 2.05) is 73.3 Å². The molecule has 0 atom stereocenters. The van der Waals surface area contributed by atoms with Crippen molar-refractivity contribution in [3.05, 3.63) is 54.6 Å².